The first-order valence-electron chi connectivity index (χ1n) is 6.65. The van der Waals surface area contributed by atoms with E-state index in [-0.39, 0.29) is 11.7 Å². The fourth-order valence-electron chi connectivity index (χ4n) is 2.02. The standard InChI is InChI=1S/C17H10Cl3NO2/c18-11-3-1-2-10(8-11)15-6-7-16(23-15)17(22)21-12-4-5-13(19)14(20)9-12/h1-9H,(H,21,22). The van der Waals surface area contributed by atoms with Gasteiger partial charge in [-0.15, -0.1) is 0 Å². The van der Waals surface area contributed by atoms with Crippen molar-refractivity contribution in [3.63, 3.8) is 0 Å². The molecule has 1 N–H and O–H groups in total. The number of rotatable bonds is 3. The summed E-state index contributed by atoms with van der Waals surface area (Å²) in [7, 11) is 0. The monoisotopic (exact) mass is 365 g/mol. The van der Waals surface area contributed by atoms with E-state index in [1.807, 2.05) is 12.1 Å². The predicted octanol–water partition coefficient (Wildman–Crippen LogP) is 6.16. The quantitative estimate of drug-likeness (QED) is 0.603. The van der Waals surface area contributed by atoms with Crippen LogP contribution in [0.5, 0.6) is 0 Å². The molecule has 0 aliphatic carbocycles. The number of benzene rings is 2. The molecule has 6 heteroatoms. The minimum atomic E-state index is -0.378. The molecular formula is C17H10Cl3NO2. The second-order valence-corrected chi connectivity index (χ2v) is 6.01. The number of halogens is 3. The van der Waals surface area contributed by atoms with E-state index in [1.54, 1.807) is 42.5 Å². The van der Waals surface area contributed by atoms with Crippen molar-refractivity contribution < 1.29 is 9.21 Å². The van der Waals surface area contributed by atoms with E-state index in [0.29, 0.717) is 26.5 Å². The molecule has 2 aromatic carbocycles. The highest BCUT2D eigenvalue weighted by molar-refractivity contribution is 6.42. The summed E-state index contributed by atoms with van der Waals surface area (Å²) in [5.41, 5.74) is 1.33. The zero-order chi connectivity index (χ0) is 16.4. The SMILES string of the molecule is O=C(Nc1ccc(Cl)c(Cl)c1)c1ccc(-c2cccc(Cl)c2)o1. The molecule has 0 unspecified atom stereocenters. The zero-order valence-corrected chi connectivity index (χ0v) is 13.9. The van der Waals surface area contributed by atoms with E-state index in [4.69, 9.17) is 39.2 Å². The number of carbonyl (C=O) groups excluding carboxylic acids is 1. The number of furan rings is 1. The Morgan fingerprint density at radius 1 is 0.913 bits per heavy atom. The maximum atomic E-state index is 12.2. The van der Waals surface area contributed by atoms with Crippen molar-refractivity contribution >= 4 is 46.4 Å². The molecule has 0 radical (unpaired) electrons. The molecule has 0 fully saturated rings. The lowest BCUT2D eigenvalue weighted by atomic mass is 10.2. The van der Waals surface area contributed by atoms with Crippen LogP contribution in [-0.2, 0) is 0 Å². The third-order valence-corrected chi connectivity index (χ3v) is 4.09. The lowest BCUT2D eigenvalue weighted by Crippen LogP contribution is -2.10. The van der Waals surface area contributed by atoms with Crippen molar-refractivity contribution in [3.05, 3.63) is 75.4 Å². The Balaban J connectivity index is 1.79. The van der Waals surface area contributed by atoms with Crippen LogP contribution in [0.3, 0.4) is 0 Å². The van der Waals surface area contributed by atoms with Crippen LogP contribution in [0.2, 0.25) is 15.1 Å². The summed E-state index contributed by atoms with van der Waals surface area (Å²) in [6.45, 7) is 0. The van der Waals surface area contributed by atoms with Crippen LogP contribution in [0.15, 0.2) is 59.0 Å². The molecule has 1 heterocycles. The van der Waals surface area contributed by atoms with E-state index in [1.165, 1.54) is 0 Å². The molecule has 0 aliphatic rings. The van der Waals surface area contributed by atoms with Crippen LogP contribution >= 0.6 is 34.8 Å². The van der Waals surface area contributed by atoms with Gasteiger partial charge in [0.05, 0.1) is 10.0 Å². The van der Waals surface area contributed by atoms with Gasteiger partial charge in [-0.05, 0) is 42.5 Å². The normalized spacial score (nSPS) is 10.6. The lowest BCUT2D eigenvalue weighted by molar-refractivity contribution is 0.0997. The molecule has 0 aliphatic heterocycles. The van der Waals surface area contributed by atoms with Crippen molar-refractivity contribution in [1.29, 1.82) is 0 Å². The van der Waals surface area contributed by atoms with Gasteiger partial charge in [-0.1, -0.05) is 46.9 Å². The second kappa shape index (κ2) is 6.67. The molecule has 3 nitrogen and oxygen atoms in total. The Morgan fingerprint density at radius 2 is 1.74 bits per heavy atom. The van der Waals surface area contributed by atoms with Crippen molar-refractivity contribution in [3.8, 4) is 11.3 Å². The summed E-state index contributed by atoms with van der Waals surface area (Å²) >= 11 is 17.7. The van der Waals surface area contributed by atoms with Crippen molar-refractivity contribution in [2.24, 2.45) is 0 Å². The molecule has 0 saturated heterocycles. The smallest absolute Gasteiger partial charge is 0.291 e. The van der Waals surface area contributed by atoms with Gasteiger partial charge in [-0.2, -0.15) is 0 Å². The van der Waals surface area contributed by atoms with E-state index in [2.05, 4.69) is 5.32 Å². The zero-order valence-electron chi connectivity index (χ0n) is 11.6. The van der Waals surface area contributed by atoms with Crippen molar-refractivity contribution in [1.82, 2.24) is 0 Å². The maximum Gasteiger partial charge on any atom is 0.291 e. The molecular weight excluding hydrogens is 357 g/mol. The highest BCUT2D eigenvalue weighted by atomic mass is 35.5. The predicted molar refractivity (Wildman–Crippen MR) is 93.6 cm³/mol. The Labute approximate surface area is 147 Å². The van der Waals surface area contributed by atoms with Gasteiger partial charge in [0.2, 0.25) is 0 Å². The second-order valence-electron chi connectivity index (χ2n) is 4.76. The average molecular weight is 367 g/mol. The van der Waals surface area contributed by atoms with Crippen LogP contribution in [0.25, 0.3) is 11.3 Å². The van der Waals surface area contributed by atoms with Gasteiger partial charge in [0, 0.05) is 16.3 Å². The number of nitrogens with one attached hydrogen (secondary N) is 1. The summed E-state index contributed by atoms with van der Waals surface area (Å²) in [4.78, 5) is 12.2. The number of hydrogen-bond donors (Lipinski definition) is 1. The van der Waals surface area contributed by atoms with E-state index < -0.39 is 0 Å². The van der Waals surface area contributed by atoms with Crippen LogP contribution < -0.4 is 5.32 Å². The van der Waals surface area contributed by atoms with E-state index in [0.717, 1.165) is 5.56 Å². The fraction of sp³-hybridized carbons (Fsp3) is 0. The molecule has 0 bridgehead atoms. The number of amides is 1. The van der Waals surface area contributed by atoms with Crippen molar-refractivity contribution in [2.45, 2.75) is 0 Å². The fourth-order valence-corrected chi connectivity index (χ4v) is 2.51. The first-order valence-corrected chi connectivity index (χ1v) is 7.78. The first-order chi connectivity index (χ1) is 11.0. The topological polar surface area (TPSA) is 42.2 Å². The minimum Gasteiger partial charge on any atom is -0.451 e. The Hall–Kier alpha value is -1.94. The van der Waals surface area contributed by atoms with Gasteiger partial charge in [-0.25, -0.2) is 0 Å². The third-order valence-electron chi connectivity index (χ3n) is 3.12. The van der Waals surface area contributed by atoms with Gasteiger partial charge in [-0.3, -0.25) is 4.79 Å². The highest BCUT2D eigenvalue weighted by Crippen LogP contribution is 2.27. The van der Waals surface area contributed by atoms with Gasteiger partial charge in [0.15, 0.2) is 5.76 Å². The summed E-state index contributed by atoms with van der Waals surface area (Å²) in [6, 6.07) is 15.4. The molecule has 3 aromatic rings. The molecule has 3 rings (SSSR count). The van der Waals surface area contributed by atoms with Gasteiger partial charge < -0.3 is 9.73 Å². The Morgan fingerprint density at radius 3 is 2.48 bits per heavy atom. The molecule has 0 saturated carbocycles. The largest absolute Gasteiger partial charge is 0.451 e. The molecule has 116 valence electrons. The van der Waals surface area contributed by atoms with Crippen molar-refractivity contribution in [2.75, 3.05) is 5.32 Å². The third kappa shape index (κ3) is 3.70. The number of anilines is 1. The average Bonchev–Trinajstić information content (AvgIpc) is 3.01. The van der Waals surface area contributed by atoms with Gasteiger partial charge >= 0.3 is 0 Å². The van der Waals surface area contributed by atoms with Crippen LogP contribution in [0, 0.1) is 0 Å². The summed E-state index contributed by atoms with van der Waals surface area (Å²) in [5.74, 6) is 0.370. The molecule has 0 spiro atoms. The van der Waals surface area contributed by atoms with Crippen LogP contribution in [-0.4, -0.2) is 5.91 Å². The maximum absolute atomic E-state index is 12.2. The van der Waals surface area contributed by atoms with E-state index in [9.17, 15) is 4.79 Å². The number of hydrogen-bond acceptors (Lipinski definition) is 2. The summed E-state index contributed by atoms with van der Waals surface area (Å²) in [5, 5.41) is 4.08. The van der Waals surface area contributed by atoms with Crippen LogP contribution in [0.1, 0.15) is 10.6 Å². The summed E-state index contributed by atoms with van der Waals surface area (Å²) < 4.78 is 5.58. The number of carbonyl (C=O) groups is 1. The minimum absolute atomic E-state index is 0.186. The molecule has 23 heavy (non-hydrogen) atoms. The lowest BCUT2D eigenvalue weighted by Gasteiger charge is -2.04. The van der Waals surface area contributed by atoms with E-state index >= 15 is 0 Å². The van der Waals surface area contributed by atoms with Crippen LogP contribution in [0.4, 0.5) is 5.69 Å². The summed E-state index contributed by atoms with van der Waals surface area (Å²) in [6.07, 6.45) is 0. The molecule has 1 aromatic heterocycles. The van der Waals surface area contributed by atoms with Gasteiger partial charge in [0.25, 0.3) is 5.91 Å². The molecule has 1 amide bonds. The Kier molecular flexibility index (Phi) is 4.62. The first kappa shape index (κ1) is 15.9. The molecule has 0 atom stereocenters. The highest BCUT2D eigenvalue weighted by Gasteiger charge is 2.13. The van der Waals surface area contributed by atoms with Gasteiger partial charge in [0.1, 0.15) is 5.76 Å². The Bertz CT molecular complexity index is 874.